The molecule has 0 fully saturated rings. The molecule has 0 spiro atoms. The Kier molecular flexibility index (Phi) is 5.13. The van der Waals surface area contributed by atoms with Crippen LogP contribution in [0.3, 0.4) is 0 Å². The van der Waals surface area contributed by atoms with Crippen LogP contribution < -0.4 is 5.62 Å². The van der Waals surface area contributed by atoms with Crippen molar-refractivity contribution < 1.29 is 5.11 Å². The highest BCUT2D eigenvalue weighted by molar-refractivity contribution is 5.78. The van der Waals surface area contributed by atoms with Crippen LogP contribution in [-0.4, -0.2) is 20.8 Å². The summed E-state index contributed by atoms with van der Waals surface area (Å²) in [5.74, 6) is 0. The topological polar surface area (TPSA) is 53.9 Å². The minimum absolute atomic E-state index is 0.169. The van der Waals surface area contributed by atoms with Gasteiger partial charge in [-0.25, -0.2) is 0 Å². The maximum absolute atomic E-state index is 9.26. The lowest BCUT2D eigenvalue weighted by molar-refractivity contribution is 0.288. The Labute approximate surface area is 164 Å². The van der Waals surface area contributed by atoms with Crippen LogP contribution in [0, 0.1) is 12.3 Å². The molecule has 1 aromatic heterocycles. The second kappa shape index (κ2) is 7.87. The Morgan fingerprint density at radius 3 is 2.29 bits per heavy atom. The summed E-state index contributed by atoms with van der Waals surface area (Å²) in [7, 11) is 0. The number of nitrogens with zero attached hydrogens (tertiary/aromatic N) is 2. The summed E-state index contributed by atoms with van der Waals surface area (Å²) >= 11 is 0. The van der Waals surface area contributed by atoms with Crippen LogP contribution in [0.4, 0.5) is 0 Å². The third kappa shape index (κ3) is 3.39. The zero-order valence-corrected chi connectivity index (χ0v) is 16.1. The summed E-state index contributed by atoms with van der Waals surface area (Å²) in [6, 6.07) is 24.9. The van der Waals surface area contributed by atoms with Crippen LogP contribution >= 0.6 is 0 Å². The highest BCUT2D eigenvalue weighted by Gasteiger charge is 2.14. The van der Waals surface area contributed by atoms with Crippen molar-refractivity contribution in [3.05, 3.63) is 95.1 Å². The summed E-state index contributed by atoms with van der Waals surface area (Å²) in [5, 5.41) is 18.2. The van der Waals surface area contributed by atoms with Crippen molar-refractivity contribution in [2.45, 2.75) is 26.3 Å². The maximum atomic E-state index is 9.26. The molecule has 0 saturated carbocycles. The van der Waals surface area contributed by atoms with Gasteiger partial charge >= 0.3 is 0 Å². The Balaban J connectivity index is 1.88. The number of aromatic nitrogens is 2. The minimum Gasteiger partial charge on any atom is -0.396 e. The molecule has 0 atom stereocenters. The van der Waals surface area contributed by atoms with Gasteiger partial charge < -0.3 is 9.67 Å². The van der Waals surface area contributed by atoms with Crippen molar-refractivity contribution in [2.75, 3.05) is 6.61 Å². The largest absolute Gasteiger partial charge is 0.396 e. The van der Waals surface area contributed by atoms with Crippen molar-refractivity contribution in [3.63, 3.8) is 0 Å². The van der Waals surface area contributed by atoms with E-state index in [0.717, 1.165) is 28.7 Å². The molecule has 4 heteroatoms. The molecule has 4 rings (SSSR count). The summed E-state index contributed by atoms with van der Waals surface area (Å²) in [6.07, 6.45) is 1.50. The van der Waals surface area contributed by atoms with Gasteiger partial charge in [0, 0.05) is 6.61 Å². The van der Waals surface area contributed by atoms with Gasteiger partial charge in [-0.3, -0.25) is 9.98 Å². The van der Waals surface area contributed by atoms with Gasteiger partial charge in [0.05, 0.1) is 23.3 Å². The molecule has 0 aliphatic rings. The molecule has 0 aliphatic carbocycles. The first kappa shape index (κ1) is 18.3. The van der Waals surface area contributed by atoms with Crippen LogP contribution in [0.1, 0.15) is 23.1 Å². The van der Waals surface area contributed by atoms with Gasteiger partial charge in [-0.2, -0.15) is 0 Å². The fourth-order valence-electron chi connectivity index (χ4n) is 3.72. The lowest BCUT2D eigenvalue weighted by Crippen LogP contribution is -2.24. The molecule has 3 aromatic carbocycles. The number of aryl methyl sites for hydroxylation is 2. The number of rotatable bonds is 6. The molecular weight excluding hydrogens is 346 g/mol. The first-order valence-corrected chi connectivity index (χ1v) is 9.68. The third-order valence-electron chi connectivity index (χ3n) is 5.18. The fourth-order valence-corrected chi connectivity index (χ4v) is 3.72. The second-order valence-corrected chi connectivity index (χ2v) is 7.18. The third-order valence-corrected chi connectivity index (χ3v) is 5.18. The Hall–Kier alpha value is -3.11. The number of imidazole rings is 1. The van der Waals surface area contributed by atoms with E-state index in [1.807, 2.05) is 28.8 Å². The van der Waals surface area contributed by atoms with E-state index in [-0.39, 0.29) is 6.61 Å². The van der Waals surface area contributed by atoms with Crippen LogP contribution in [0.15, 0.2) is 72.8 Å². The molecule has 142 valence electrons. The smallest absolute Gasteiger partial charge is 0.208 e. The zero-order valence-electron chi connectivity index (χ0n) is 16.1. The van der Waals surface area contributed by atoms with Gasteiger partial charge in [-0.15, -0.1) is 0 Å². The summed E-state index contributed by atoms with van der Waals surface area (Å²) in [4.78, 5) is 0. The summed E-state index contributed by atoms with van der Waals surface area (Å²) in [5.41, 5.74) is 7.10. The van der Waals surface area contributed by atoms with E-state index in [1.165, 1.54) is 11.1 Å². The normalized spacial score (nSPS) is 11.2. The predicted molar refractivity (Wildman–Crippen MR) is 113 cm³/mol. The summed E-state index contributed by atoms with van der Waals surface area (Å²) in [6.45, 7) is 2.91. The van der Waals surface area contributed by atoms with Gasteiger partial charge in [-0.1, -0.05) is 60.2 Å². The van der Waals surface area contributed by atoms with Crippen molar-refractivity contribution >= 4 is 11.0 Å². The molecule has 1 heterocycles. The van der Waals surface area contributed by atoms with E-state index in [1.54, 1.807) is 0 Å². The number of fused-ring (bicyclic) bond motifs is 1. The molecule has 28 heavy (non-hydrogen) atoms. The first-order valence-electron chi connectivity index (χ1n) is 9.68. The SMILES string of the molecule is Cc1ccc(Cn2c(=N)n(-c3ccccc3CCCO)c3ccccc32)cc1. The minimum atomic E-state index is 0.169. The number of para-hydroxylation sites is 3. The average Bonchev–Trinajstić information content (AvgIpc) is 3.00. The van der Waals surface area contributed by atoms with Crippen molar-refractivity contribution in [1.29, 1.82) is 5.41 Å². The molecule has 0 bridgehead atoms. The lowest BCUT2D eigenvalue weighted by atomic mass is 10.1. The number of aliphatic hydroxyl groups excluding tert-OH is 1. The quantitative estimate of drug-likeness (QED) is 0.524. The second-order valence-electron chi connectivity index (χ2n) is 7.18. The number of benzene rings is 3. The van der Waals surface area contributed by atoms with Crippen molar-refractivity contribution in [1.82, 2.24) is 9.13 Å². The van der Waals surface area contributed by atoms with Crippen molar-refractivity contribution in [2.24, 2.45) is 0 Å². The lowest BCUT2D eigenvalue weighted by Gasteiger charge is -2.11. The van der Waals surface area contributed by atoms with E-state index in [4.69, 9.17) is 5.41 Å². The molecule has 2 N–H and O–H groups in total. The van der Waals surface area contributed by atoms with E-state index >= 15 is 0 Å². The van der Waals surface area contributed by atoms with Crippen molar-refractivity contribution in [3.8, 4) is 5.69 Å². The molecular formula is C24H25N3O. The molecule has 0 amide bonds. The van der Waals surface area contributed by atoms with Gasteiger partial charge in [0.25, 0.3) is 0 Å². The molecule has 4 aromatic rings. The number of hydrogen-bond acceptors (Lipinski definition) is 2. The molecule has 0 radical (unpaired) electrons. The molecule has 4 nitrogen and oxygen atoms in total. The Morgan fingerprint density at radius 1 is 0.857 bits per heavy atom. The van der Waals surface area contributed by atoms with E-state index in [2.05, 4.69) is 60.0 Å². The number of aliphatic hydroxyl groups is 1. The average molecular weight is 371 g/mol. The first-order chi connectivity index (χ1) is 13.7. The number of hydrogen-bond donors (Lipinski definition) is 2. The van der Waals surface area contributed by atoms with E-state index in [9.17, 15) is 5.11 Å². The number of nitrogens with one attached hydrogen (secondary N) is 1. The van der Waals surface area contributed by atoms with Gasteiger partial charge in [0.1, 0.15) is 0 Å². The fraction of sp³-hybridized carbons (Fsp3) is 0.208. The van der Waals surface area contributed by atoms with Crippen LogP contribution in [0.25, 0.3) is 16.7 Å². The zero-order chi connectivity index (χ0) is 19.5. The highest BCUT2D eigenvalue weighted by atomic mass is 16.2. The van der Waals surface area contributed by atoms with Gasteiger partial charge in [-0.05, 0) is 49.1 Å². The standard InChI is InChI=1S/C24H25N3O/c1-18-12-14-19(15-13-18)17-26-22-10-4-5-11-23(22)27(24(26)25)21-9-3-2-7-20(21)8-6-16-28/h2-5,7,9-15,25,28H,6,8,16-17H2,1H3. The van der Waals surface area contributed by atoms with E-state index < -0.39 is 0 Å². The molecule has 0 saturated heterocycles. The van der Waals surface area contributed by atoms with Gasteiger partial charge in [0.2, 0.25) is 5.62 Å². The van der Waals surface area contributed by atoms with Crippen LogP contribution in [0.2, 0.25) is 0 Å². The van der Waals surface area contributed by atoms with Crippen LogP contribution in [-0.2, 0) is 13.0 Å². The van der Waals surface area contributed by atoms with Gasteiger partial charge in [0.15, 0.2) is 0 Å². The predicted octanol–water partition coefficient (Wildman–Crippen LogP) is 4.19. The van der Waals surface area contributed by atoms with E-state index in [0.29, 0.717) is 18.6 Å². The highest BCUT2D eigenvalue weighted by Crippen LogP contribution is 2.22. The summed E-state index contributed by atoms with van der Waals surface area (Å²) < 4.78 is 4.08. The maximum Gasteiger partial charge on any atom is 0.208 e. The Morgan fingerprint density at radius 2 is 1.54 bits per heavy atom. The monoisotopic (exact) mass is 371 g/mol. The Bertz CT molecular complexity index is 1150. The molecule has 0 aliphatic heterocycles. The van der Waals surface area contributed by atoms with Crippen LogP contribution in [0.5, 0.6) is 0 Å². The molecule has 0 unspecified atom stereocenters.